The zero-order valence-electron chi connectivity index (χ0n) is 13.6. The number of rotatable bonds is 1. The summed E-state index contributed by atoms with van der Waals surface area (Å²) in [6, 6.07) is 4.93. The summed E-state index contributed by atoms with van der Waals surface area (Å²) >= 11 is 0. The SMILES string of the molecule is CN1CCN(c2nc3c(F)cc(C#N)cc3c3cn(C)nc23)CC1. The molecule has 122 valence electrons. The van der Waals surface area contributed by atoms with Crippen molar-refractivity contribution in [2.75, 3.05) is 38.1 Å². The Morgan fingerprint density at radius 3 is 2.54 bits per heavy atom. The van der Waals surface area contributed by atoms with Crippen molar-refractivity contribution in [1.29, 1.82) is 5.26 Å². The van der Waals surface area contributed by atoms with Crippen molar-refractivity contribution in [3.63, 3.8) is 0 Å². The Balaban J connectivity index is 2.00. The number of piperazine rings is 1. The minimum atomic E-state index is -0.467. The second-order valence-corrected chi connectivity index (χ2v) is 6.26. The maximum absolute atomic E-state index is 14.5. The number of nitrogens with zero attached hydrogens (tertiary/aromatic N) is 6. The summed E-state index contributed by atoms with van der Waals surface area (Å²) in [5.74, 6) is 0.250. The highest BCUT2D eigenvalue weighted by atomic mass is 19.1. The lowest BCUT2D eigenvalue weighted by Crippen LogP contribution is -2.44. The zero-order valence-corrected chi connectivity index (χ0v) is 13.6. The van der Waals surface area contributed by atoms with Crippen LogP contribution in [0.2, 0.25) is 0 Å². The normalized spacial score (nSPS) is 16.0. The monoisotopic (exact) mass is 324 g/mol. The Hall–Kier alpha value is -2.72. The Morgan fingerprint density at radius 2 is 1.83 bits per heavy atom. The molecule has 0 atom stereocenters. The third kappa shape index (κ3) is 2.27. The second kappa shape index (κ2) is 5.42. The molecule has 1 aliphatic heterocycles. The number of pyridine rings is 1. The van der Waals surface area contributed by atoms with Crippen molar-refractivity contribution in [2.24, 2.45) is 7.05 Å². The molecule has 2 aromatic heterocycles. The Morgan fingerprint density at radius 1 is 1.08 bits per heavy atom. The molecule has 6 nitrogen and oxygen atoms in total. The Bertz CT molecular complexity index is 978. The number of aryl methyl sites for hydroxylation is 1. The molecule has 1 saturated heterocycles. The summed E-state index contributed by atoms with van der Waals surface area (Å²) in [7, 11) is 3.93. The van der Waals surface area contributed by atoms with Gasteiger partial charge in [0.25, 0.3) is 0 Å². The molecule has 7 heteroatoms. The van der Waals surface area contributed by atoms with Crippen molar-refractivity contribution in [2.45, 2.75) is 0 Å². The quantitative estimate of drug-likeness (QED) is 0.684. The van der Waals surface area contributed by atoms with Crippen molar-refractivity contribution < 1.29 is 4.39 Å². The standard InChI is InChI=1S/C17H17FN6/c1-22-3-5-24(6-4-22)17-16-13(10-23(2)21-16)12-7-11(9-19)8-14(18)15(12)20-17/h7-8,10H,3-6H2,1-2H3. The van der Waals surface area contributed by atoms with Crippen molar-refractivity contribution in [3.05, 3.63) is 29.7 Å². The van der Waals surface area contributed by atoms with Crippen LogP contribution in [0.15, 0.2) is 18.3 Å². The van der Waals surface area contributed by atoms with Gasteiger partial charge in [-0.25, -0.2) is 9.37 Å². The molecule has 0 radical (unpaired) electrons. The highest BCUT2D eigenvalue weighted by molar-refractivity contribution is 6.09. The van der Waals surface area contributed by atoms with Crippen LogP contribution >= 0.6 is 0 Å². The first-order chi connectivity index (χ1) is 11.6. The number of hydrogen-bond donors (Lipinski definition) is 0. The summed E-state index contributed by atoms with van der Waals surface area (Å²) in [5, 5.41) is 15.1. The van der Waals surface area contributed by atoms with Crippen LogP contribution in [0.25, 0.3) is 21.8 Å². The smallest absolute Gasteiger partial charge is 0.158 e. The minimum absolute atomic E-state index is 0.291. The molecule has 0 amide bonds. The molecule has 1 aliphatic rings. The summed E-state index contributed by atoms with van der Waals surface area (Å²) in [6.07, 6.45) is 1.86. The van der Waals surface area contributed by atoms with Gasteiger partial charge >= 0.3 is 0 Å². The summed E-state index contributed by atoms with van der Waals surface area (Å²) < 4.78 is 16.2. The lowest BCUT2D eigenvalue weighted by Gasteiger charge is -2.33. The van der Waals surface area contributed by atoms with Crippen LogP contribution in [-0.2, 0) is 7.05 Å². The van der Waals surface area contributed by atoms with E-state index in [4.69, 9.17) is 5.26 Å². The predicted molar refractivity (Wildman–Crippen MR) is 90.4 cm³/mol. The van der Waals surface area contributed by atoms with E-state index >= 15 is 0 Å². The maximum atomic E-state index is 14.5. The van der Waals surface area contributed by atoms with E-state index < -0.39 is 5.82 Å². The summed E-state index contributed by atoms with van der Waals surface area (Å²) in [6.45, 7) is 3.53. The Kier molecular flexibility index (Phi) is 3.36. The van der Waals surface area contributed by atoms with Gasteiger partial charge < -0.3 is 9.80 Å². The molecule has 24 heavy (non-hydrogen) atoms. The Labute approximate surface area is 138 Å². The lowest BCUT2D eigenvalue weighted by atomic mass is 10.1. The van der Waals surface area contributed by atoms with Crippen molar-refractivity contribution in [1.82, 2.24) is 19.7 Å². The van der Waals surface area contributed by atoms with Crippen LogP contribution in [0.4, 0.5) is 10.2 Å². The molecule has 1 fully saturated rings. The second-order valence-electron chi connectivity index (χ2n) is 6.26. The molecule has 0 unspecified atom stereocenters. The summed E-state index contributed by atoms with van der Waals surface area (Å²) in [5.41, 5.74) is 1.34. The van der Waals surface area contributed by atoms with Gasteiger partial charge in [0.05, 0.1) is 11.6 Å². The van der Waals surface area contributed by atoms with E-state index in [1.165, 1.54) is 6.07 Å². The topological polar surface area (TPSA) is 61.0 Å². The molecule has 3 heterocycles. The highest BCUT2D eigenvalue weighted by Gasteiger charge is 2.22. The first kappa shape index (κ1) is 14.8. The van der Waals surface area contributed by atoms with Crippen LogP contribution in [0, 0.1) is 17.1 Å². The lowest BCUT2D eigenvalue weighted by molar-refractivity contribution is 0.312. The summed E-state index contributed by atoms with van der Waals surface area (Å²) in [4.78, 5) is 9.00. The van der Waals surface area contributed by atoms with Gasteiger partial charge in [0.1, 0.15) is 11.0 Å². The first-order valence-electron chi connectivity index (χ1n) is 7.87. The fourth-order valence-corrected chi connectivity index (χ4v) is 3.23. The van der Waals surface area contributed by atoms with Gasteiger partial charge in [-0.1, -0.05) is 0 Å². The number of fused-ring (bicyclic) bond motifs is 3. The predicted octanol–water partition coefficient (Wildman–Crippen LogP) is 1.88. The maximum Gasteiger partial charge on any atom is 0.158 e. The molecular formula is C17H17FN6. The number of nitriles is 1. The molecule has 0 spiro atoms. The van der Waals surface area contributed by atoms with Gasteiger partial charge in [0.15, 0.2) is 11.6 Å². The van der Waals surface area contributed by atoms with E-state index in [-0.39, 0.29) is 0 Å². The zero-order chi connectivity index (χ0) is 16.8. The number of aromatic nitrogens is 3. The van der Waals surface area contributed by atoms with Crippen molar-refractivity contribution in [3.8, 4) is 6.07 Å². The molecule has 3 aromatic rings. The first-order valence-corrected chi connectivity index (χ1v) is 7.87. The largest absolute Gasteiger partial charge is 0.352 e. The average Bonchev–Trinajstić information content (AvgIpc) is 2.97. The minimum Gasteiger partial charge on any atom is -0.352 e. The number of halogens is 1. The van der Waals surface area contributed by atoms with Gasteiger partial charge in [-0.15, -0.1) is 0 Å². The number of anilines is 1. The van der Waals surface area contributed by atoms with Gasteiger partial charge in [-0.3, -0.25) is 4.68 Å². The third-order valence-electron chi connectivity index (χ3n) is 4.54. The molecule has 0 bridgehead atoms. The number of likely N-dealkylation sites (N-methyl/N-ethyl adjacent to an activating group) is 1. The average molecular weight is 324 g/mol. The molecular weight excluding hydrogens is 307 g/mol. The molecule has 0 N–H and O–H groups in total. The van der Waals surface area contributed by atoms with E-state index in [1.807, 2.05) is 19.3 Å². The molecule has 1 aromatic carbocycles. The van der Waals surface area contributed by atoms with E-state index in [0.717, 1.165) is 42.9 Å². The van der Waals surface area contributed by atoms with E-state index in [2.05, 4.69) is 26.9 Å². The van der Waals surface area contributed by atoms with Crippen LogP contribution in [0.5, 0.6) is 0 Å². The fourth-order valence-electron chi connectivity index (χ4n) is 3.23. The van der Waals surface area contributed by atoms with E-state index in [9.17, 15) is 4.39 Å². The van der Waals surface area contributed by atoms with Gasteiger partial charge in [-0.05, 0) is 19.2 Å². The van der Waals surface area contributed by atoms with Gasteiger partial charge in [0, 0.05) is 50.2 Å². The number of hydrogen-bond acceptors (Lipinski definition) is 5. The van der Waals surface area contributed by atoms with E-state index in [1.54, 1.807) is 10.7 Å². The highest BCUT2D eigenvalue weighted by Crippen LogP contribution is 2.32. The molecule has 0 saturated carbocycles. The van der Waals surface area contributed by atoms with Gasteiger partial charge in [-0.2, -0.15) is 10.4 Å². The fraction of sp³-hybridized carbons (Fsp3) is 0.353. The third-order valence-corrected chi connectivity index (χ3v) is 4.54. The van der Waals surface area contributed by atoms with Crippen molar-refractivity contribution >= 4 is 27.6 Å². The van der Waals surface area contributed by atoms with Crippen LogP contribution in [0.3, 0.4) is 0 Å². The number of benzene rings is 1. The van der Waals surface area contributed by atoms with Crippen LogP contribution in [0.1, 0.15) is 5.56 Å². The molecule has 4 rings (SSSR count). The van der Waals surface area contributed by atoms with E-state index in [0.29, 0.717) is 16.5 Å². The van der Waals surface area contributed by atoms with Crippen LogP contribution < -0.4 is 4.90 Å². The molecule has 0 aliphatic carbocycles. The van der Waals surface area contributed by atoms with Crippen LogP contribution in [-0.4, -0.2) is 52.9 Å². The van der Waals surface area contributed by atoms with Gasteiger partial charge in [0.2, 0.25) is 0 Å².